The SMILES string of the molecule is O=C(c1cn(C[C@@H]2CC(F)(F)CN2C(=O)c2ccc3ccccc3n2)nn1)N1CCCC1. The van der Waals surface area contributed by atoms with Crippen molar-refractivity contribution in [2.24, 2.45) is 0 Å². The lowest BCUT2D eigenvalue weighted by Gasteiger charge is -2.23. The van der Waals surface area contributed by atoms with E-state index in [1.807, 2.05) is 18.2 Å². The van der Waals surface area contributed by atoms with Crippen LogP contribution in [0.4, 0.5) is 8.78 Å². The number of aromatic nitrogens is 4. The average molecular weight is 440 g/mol. The minimum atomic E-state index is -3.01. The predicted molar refractivity (Wildman–Crippen MR) is 111 cm³/mol. The highest BCUT2D eigenvalue weighted by atomic mass is 19.3. The highest BCUT2D eigenvalue weighted by Crippen LogP contribution is 2.33. The molecule has 4 heterocycles. The summed E-state index contributed by atoms with van der Waals surface area (Å²) >= 11 is 0. The van der Waals surface area contributed by atoms with Gasteiger partial charge in [0.15, 0.2) is 5.69 Å². The number of benzene rings is 1. The van der Waals surface area contributed by atoms with Crippen LogP contribution in [0.3, 0.4) is 0 Å². The fourth-order valence-electron chi connectivity index (χ4n) is 4.41. The van der Waals surface area contributed by atoms with E-state index < -0.39 is 30.8 Å². The molecule has 2 aliphatic rings. The Hall–Kier alpha value is -3.43. The van der Waals surface area contributed by atoms with Crippen molar-refractivity contribution in [2.75, 3.05) is 19.6 Å². The lowest BCUT2D eigenvalue weighted by Crippen LogP contribution is -2.39. The third kappa shape index (κ3) is 3.92. The van der Waals surface area contributed by atoms with Gasteiger partial charge in [-0.2, -0.15) is 0 Å². The molecule has 0 saturated carbocycles. The maximum Gasteiger partial charge on any atom is 0.276 e. The Kier molecular flexibility index (Phi) is 5.07. The minimum Gasteiger partial charge on any atom is -0.337 e. The van der Waals surface area contributed by atoms with Crippen LogP contribution in [0.2, 0.25) is 0 Å². The van der Waals surface area contributed by atoms with E-state index in [0.717, 1.165) is 23.1 Å². The molecule has 1 aromatic carbocycles. The van der Waals surface area contributed by atoms with Gasteiger partial charge in [-0.15, -0.1) is 5.10 Å². The van der Waals surface area contributed by atoms with Crippen LogP contribution in [0.1, 0.15) is 40.2 Å². The summed E-state index contributed by atoms with van der Waals surface area (Å²) < 4.78 is 30.0. The van der Waals surface area contributed by atoms with Crippen molar-refractivity contribution in [1.82, 2.24) is 29.8 Å². The number of carbonyl (C=O) groups is 2. The van der Waals surface area contributed by atoms with Crippen LogP contribution in [-0.2, 0) is 6.54 Å². The molecule has 0 radical (unpaired) electrons. The quantitative estimate of drug-likeness (QED) is 0.623. The zero-order valence-corrected chi connectivity index (χ0v) is 17.3. The lowest BCUT2D eigenvalue weighted by molar-refractivity contribution is 0.0116. The zero-order valence-electron chi connectivity index (χ0n) is 17.3. The van der Waals surface area contributed by atoms with E-state index >= 15 is 0 Å². The molecule has 0 spiro atoms. The van der Waals surface area contributed by atoms with E-state index in [4.69, 9.17) is 0 Å². The predicted octanol–water partition coefficient (Wildman–Crippen LogP) is 2.61. The molecule has 2 aliphatic heterocycles. The largest absolute Gasteiger partial charge is 0.337 e. The fraction of sp³-hybridized carbons (Fsp3) is 0.409. The Morgan fingerprint density at radius 3 is 2.62 bits per heavy atom. The summed E-state index contributed by atoms with van der Waals surface area (Å²) in [5.41, 5.74) is 0.933. The number of halogens is 2. The number of alkyl halides is 2. The van der Waals surface area contributed by atoms with E-state index in [1.54, 1.807) is 23.1 Å². The summed E-state index contributed by atoms with van der Waals surface area (Å²) in [6, 6.07) is 9.84. The van der Waals surface area contributed by atoms with Gasteiger partial charge < -0.3 is 9.80 Å². The van der Waals surface area contributed by atoms with Gasteiger partial charge in [0.25, 0.3) is 17.7 Å². The van der Waals surface area contributed by atoms with E-state index in [1.165, 1.54) is 10.9 Å². The molecule has 0 bridgehead atoms. The minimum absolute atomic E-state index is 0.0230. The molecule has 3 aromatic rings. The van der Waals surface area contributed by atoms with Gasteiger partial charge in [-0.3, -0.25) is 9.59 Å². The van der Waals surface area contributed by atoms with Crippen LogP contribution >= 0.6 is 0 Å². The second-order valence-electron chi connectivity index (χ2n) is 8.36. The molecule has 0 aliphatic carbocycles. The first-order valence-electron chi connectivity index (χ1n) is 10.6. The van der Waals surface area contributed by atoms with Gasteiger partial charge in [-0.25, -0.2) is 18.4 Å². The van der Waals surface area contributed by atoms with Crippen molar-refractivity contribution in [1.29, 1.82) is 0 Å². The fourth-order valence-corrected chi connectivity index (χ4v) is 4.41. The number of likely N-dealkylation sites (tertiary alicyclic amines) is 2. The molecular weight excluding hydrogens is 418 g/mol. The van der Waals surface area contributed by atoms with Crippen molar-refractivity contribution in [3.8, 4) is 0 Å². The summed E-state index contributed by atoms with van der Waals surface area (Å²) in [6.07, 6.45) is 2.89. The number of rotatable bonds is 4. The summed E-state index contributed by atoms with van der Waals surface area (Å²) in [5, 5.41) is 8.73. The third-order valence-corrected chi connectivity index (χ3v) is 6.00. The molecule has 0 unspecified atom stereocenters. The number of carbonyl (C=O) groups excluding carboxylic acids is 2. The van der Waals surface area contributed by atoms with Crippen molar-refractivity contribution in [3.63, 3.8) is 0 Å². The second-order valence-corrected chi connectivity index (χ2v) is 8.36. The molecule has 32 heavy (non-hydrogen) atoms. The molecule has 2 amide bonds. The highest BCUT2D eigenvalue weighted by Gasteiger charge is 2.47. The van der Waals surface area contributed by atoms with E-state index in [9.17, 15) is 18.4 Å². The van der Waals surface area contributed by atoms with E-state index in [2.05, 4.69) is 15.3 Å². The first-order valence-corrected chi connectivity index (χ1v) is 10.6. The van der Waals surface area contributed by atoms with Crippen LogP contribution in [0.5, 0.6) is 0 Å². The standard InChI is InChI=1S/C22H22F2N6O2/c23-22(24)11-16(12-29-13-19(26-27-29)20(31)28-9-3-4-10-28)30(14-22)21(32)18-8-7-15-5-1-2-6-17(15)25-18/h1-2,5-8,13,16H,3-4,9-12,14H2/t16-/m0/s1. The van der Waals surface area contributed by atoms with Gasteiger partial charge in [0.2, 0.25) is 0 Å². The number of hydrogen-bond acceptors (Lipinski definition) is 5. The number of amides is 2. The number of para-hydroxylation sites is 1. The van der Waals surface area contributed by atoms with Gasteiger partial charge in [0.05, 0.1) is 30.8 Å². The van der Waals surface area contributed by atoms with Gasteiger partial charge in [0.1, 0.15) is 5.69 Å². The van der Waals surface area contributed by atoms with Crippen molar-refractivity contribution in [3.05, 3.63) is 54.0 Å². The number of nitrogens with zero attached hydrogens (tertiary/aromatic N) is 6. The molecule has 2 fully saturated rings. The third-order valence-electron chi connectivity index (χ3n) is 6.00. The van der Waals surface area contributed by atoms with Crippen molar-refractivity contribution in [2.45, 2.75) is 37.8 Å². The van der Waals surface area contributed by atoms with Crippen LogP contribution in [0, 0.1) is 0 Å². The molecule has 1 atom stereocenters. The normalized spacial score (nSPS) is 20.2. The molecule has 2 aromatic heterocycles. The molecule has 0 N–H and O–H groups in total. The maximum atomic E-state index is 14.3. The van der Waals surface area contributed by atoms with Crippen LogP contribution < -0.4 is 0 Å². The topological polar surface area (TPSA) is 84.2 Å². The summed E-state index contributed by atoms with van der Waals surface area (Å²) in [5.74, 6) is -3.77. The number of pyridine rings is 1. The summed E-state index contributed by atoms with van der Waals surface area (Å²) in [4.78, 5) is 32.8. The van der Waals surface area contributed by atoms with Crippen molar-refractivity contribution >= 4 is 22.7 Å². The molecule has 8 nitrogen and oxygen atoms in total. The average Bonchev–Trinajstić information content (AvgIpc) is 3.53. The number of hydrogen-bond donors (Lipinski definition) is 0. The van der Waals surface area contributed by atoms with Crippen LogP contribution in [-0.4, -0.2) is 73.2 Å². The molecule has 5 rings (SSSR count). The van der Waals surface area contributed by atoms with E-state index in [0.29, 0.717) is 18.6 Å². The summed E-state index contributed by atoms with van der Waals surface area (Å²) in [6.45, 7) is 0.706. The molecule has 10 heteroatoms. The summed E-state index contributed by atoms with van der Waals surface area (Å²) in [7, 11) is 0. The number of fused-ring (bicyclic) bond motifs is 1. The van der Waals surface area contributed by atoms with Crippen LogP contribution in [0.15, 0.2) is 42.6 Å². The Morgan fingerprint density at radius 1 is 1.03 bits per heavy atom. The van der Waals surface area contributed by atoms with Gasteiger partial charge in [-0.1, -0.05) is 29.5 Å². The van der Waals surface area contributed by atoms with Gasteiger partial charge >= 0.3 is 0 Å². The second kappa shape index (κ2) is 7.92. The van der Waals surface area contributed by atoms with E-state index in [-0.39, 0.29) is 23.8 Å². The zero-order chi connectivity index (χ0) is 22.3. The maximum absolute atomic E-state index is 14.3. The van der Waals surface area contributed by atoms with Gasteiger partial charge in [-0.05, 0) is 25.0 Å². The first-order chi connectivity index (χ1) is 15.4. The van der Waals surface area contributed by atoms with Crippen molar-refractivity contribution < 1.29 is 18.4 Å². The Bertz CT molecular complexity index is 1170. The monoisotopic (exact) mass is 440 g/mol. The highest BCUT2D eigenvalue weighted by molar-refractivity contribution is 5.95. The van der Waals surface area contributed by atoms with Crippen LogP contribution in [0.25, 0.3) is 10.9 Å². The molecule has 166 valence electrons. The molecular formula is C22H22F2N6O2. The Morgan fingerprint density at radius 2 is 1.81 bits per heavy atom. The first kappa shape index (κ1) is 20.5. The Balaban J connectivity index is 1.35. The molecule has 2 saturated heterocycles. The Labute approximate surface area is 182 Å². The lowest BCUT2D eigenvalue weighted by atomic mass is 10.1. The van der Waals surface area contributed by atoms with Gasteiger partial charge in [0, 0.05) is 24.9 Å². The smallest absolute Gasteiger partial charge is 0.276 e.